The quantitative estimate of drug-likeness (QED) is 0.603. The van der Waals surface area contributed by atoms with Crippen LogP contribution < -0.4 is 15.0 Å². The number of fused-ring (bicyclic) bond motifs is 2. The standard InChI is InChI=1S/C25H22FN3O3S/c1-32-19-12-10-18(11-13-19)27-24(31)29-14-15-33-25(29)20-7-3-5-9-22(20)28(23(25)30)16-17-6-2-4-8-21(17)26/h2-13H,14-16H2,1H3,(H,27,31). The summed E-state index contributed by atoms with van der Waals surface area (Å²) in [5, 5.41) is 2.90. The molecule has 8 heteroatoms. The number of hydrogen-bond donors (Lipinski definition) is 1. The number of thioether (sulfide) groups is 1. The third-order valence-corrected chi connectivity index (χ3v) is 7.39. The number of rotatable bonds is 4. The van der Waals surface area contributed by atoms with Gasteiger partial charge in [-0.25, -0.2) is 9.18 Å². The summed E-state index contributed by atoms with van der Waals surface area (Å²) in [6, 6.07) is 20.5. The second-order valence-corrected chi connectivity index (χ2v) is 9.09. The number of halogens is 1. The van der Waals surface area contributed by atoms with Gasteiger partial charge in [0.15, 0.2) is 4.87 Å². The second-order valence-electron chi connectivity index (χ2n) is 7.80. The van der Waals surface area contributed by atoms with E-state index in [0.717, 1.165) is 5.56 Å². The van der Waals surface area contributed by atoms with Crippen LogP contribution in [0.2, 0.25) is 0 Å². The summed E-state index contributed by atoms with van der Waals surface area (Å²) in [6.45, 7) is 0.513. The van der Waals surface area contributed by atoms with E-state index in [0.29, 0.717) is 35.0 Å². The van der Waals surface area contributed by atoms with Crippen molar-refractivity contribution in [3.05, 3.63) is 89.7 Å². The molecule has 0 saturated carbocycles. The van der Waals surface area contributed by atoms with E-state index in [4.69, 9.17) is 4.74 Å². The first kappa shape index (κ1) is 21.3. The average molecular weight is 464 g/mol. The summed E-state index contributed by atoms with van der Waals surface area (Å²) >= 11 is 1.43. The molecule has 3 aromatic carbocycles. The molecule has 1 unspecified atom stereocenters. The van der Waals surface area contributed by atoms with Crippen LogP contribution in [0.25, 0.3) is 0 Å². The number of carbonyl (C=O) groups is 2. The molecule has 3 aromatic rings. The molecule has 0 aromatic heterocycles. The van der Waals surface area contributed by atoms with Crippen molar-refractivity contribution < 1.29 is 18.7 Å². The van der Waals surface area contributed by atoms with Gasteiger partial charge in [0.2, 0.25) is 0 Å². The lowest BCUT2D eigenvalue weighted by molar-refractivity contribution is -0.123. The topological polar surface area (TPSA) is 61.9 Å². The Morgan fingerprint density at radius 1 is 1.09 bits per heavy atom. The molecule has 1 N–H and O–H groups in total. The van der Waals surface area contributed by atoms with Gasteiger partial charge in [-0.15, -0.1) is 11.8 Å². The van der Waals surface area contributed by atoms with Crippen LogP contribution in [0.15, 0.2) is 72.8 Å². The molecule has 2 aliphatic rings. The van der Waals surface area contributed by atoms with Gasteiger partial charge in [0.1, 0.15) is 11.6 Å². The smallest absolute Gasteiger partial charge is 0.323 e. The van der Waals surface area contributed by atoms with Crippen molar-refractivity contribution in [1.29, 1.82) is 0 Å². The Morgan fingerprint density at radius 2 is 1.82 bits per heavy atom. The fourth-order valence-electron chi connectivity index (χ4n) is 4.39. The lowest BCUT2D eigenvalue weighted by Crippen LogP contribution is -2.51. The van der Waals surface area contributed by atoms with Crippen LogP contribution in [0.3, 0.4) is 0 Å². The first-order valence-electron chi connectivity index (χ1n) is 10.6. The molecule has 3 amide bonds. The van der Waals surface area contributed by atoms with E-state index in [1.165, 1.54) is 17.8 Å². The number of hydrogen-bond acceptors (Lipinski definition) is 4. The molecule has 1 atom stereocenters. The van der Waals surface area contributed by atoms with Gasteiger partial charge in [0, 0.05) is 29.1 Å². The molecule has 1 fully saturated rings. The highest BCUT2D eigenvalue weighted by molar-refractivity contribution is 8.01. The molecule has 0 aliphatic carbocycles. The Balaban J connectivity index is 1.48. The van der Waals surface area contributed by atoms with Crippen molar-refractivity contribution in [3.8, 4) is 5.75 Å². The van der Waals surface area contributed by atoms with Crippen molar-refractivity contribution in [3.63, 3.8) is 0 Å². The summed E-state index contributed by atoms with van der Waals surface area (Å²) in [7, 11) is 1.58. The van der Waals surface area contributed by atoms with E-state index in [2.05, 4.69) is 5.32 Å². The maximum atomic E-state index is 14.4. The Kier molecular flexibility index (Phi) is 5.46. The van der Waals surface area contributed by atoms with E-state index in [9.17, 15) is 14.0 Å². The monoisotopic (exact) mass is 463 g/mol. The molecule has 33 heavy (non-hydrogen) atoms. The Bertz CT molecular complexity index is 1220. The number of anilines is 2. The molecular formula is C25H22FN3O3S. The zero-order valence-electron chi connectivity index (χ0n) is 18.0. The normalized spacial score (nSPS) is 19.2. The van der Waals surface area contributed by atoms with Gasteiger partial charge in [0.05, 0.1) is 19.3 Å². The summed E-state index contributed by atoms with van der Waals surface area (Å²) in [4.78, 5) is 29.2. The van der Waals surface area contributed by atoms with Crippen molar-refractivity contribution in [2.75, 3.05) is 29.6 Å². The zero-order chi connectivity index (χ0) is 23.0. The number of carbonyl (C=O) groups excluding carboxylic acids is 2. The molecule has 5 rings (SSSR count). The molecular weight excluding hydrogens is 441 g/mol. The van der Waals surface area contributed by atoms with Gasteiger partial charge in [-0.05, 0) is 36.4 Å². The highest BCUT2D eigenvalue weighted by Crippen LogP contribution is 2.54. The molecule has 2 heterocycles. The third kappa shape index (κ3) is 3.51. The van der Waals surface area contributed by atoms with E-state index < -0.39 is 4.87 Å². The van der Waals surface area contributed by atoms with Crippen LogP contribution in [0.5, 0.6) is 5.75 Å². The summed E-state index contributed by atoms with van der Waals surface area (Å²) in [6.07, 6.45) is 0. The Morgan fingerprint density at radius 3 is 2.58 bits per heavy atom. The van der Waals surface area contributed by atoms with E-state index in [-0.39, 0.29) is 24.3 Å². The predicted molar refractivity (Wildman–Crippen MR) is 127 cm³/mol. The van der Waals surface area contributed by atoms with Crippen molar-refractivity contribution >= 4 is 35.1 Å². The third-order valence-electron chi connectivity index (χ3n) is 5.97. The van der Waals surface area contributed by atoms with Gasteiger partial charge < -0.3 is 15.0 Å². The van der Waals surface area contributed by atoms with Gasteiger partial charge >= 0.3 is 6.03 Å². The molecule has 1 saturated heterocycles. The number of methoxy groups -OCH3 is 1. The minimum atomic E-state index is -1.18. The van der Waals surface area contributed by atoms with Crippen LogP contribution in [-0.2, 0) is 16.2 Å². The highest BCUT2D eigenvalue weighted by atomic mass is 32.2. The van der Waals surface area contributed by atoms with Crippen LogP contribution in [-0.4, -0.2) is 36.2 Å². The van der Waals surface area contributed by atoms with Crippen molar-refractivity contribution in [2.45, 2.75) is 11.4 Å². The van der Waals surface area contributed by atoms with Crippen molar-refractivity contribution in [1.82, 2.24) is 4.90 Å². The summed E-state index contributed by atoms with van der Waals surface area (Å²) < 4.78 is 19.6. The minimum Gasteiger partial charge on any atom is -0.497 e. The number of nitrogens with one attached hydrogen (secondary N) is 1. The molecule has 168 valence electrons. The van der Waals surface area contributed by atoms with Crippen LogP contribution in [0, 0.1) is 5.82 Å². The molecule has 0 bridgehead atoms. The highest BCUT2D eigenvalue weighted by Gasteiger charge is 2.59. The molecule has 0 radical (unpaired) electrons. The van der Waals surface area contributed by atoms with Gasteiger partial charge in [-0.1, -0.05) is 36.4 Å². The minimum absolute atomic E-state index is 0.0960. The first-order chi connectivity index (χ1) is 16.0. The first-order valence-corrected chi connectivity index (χ1v) is 11.5. The van der Waals surface area contributed by atoms with E-state index in [1.807, 2.05) is 24.3 Å². The number of urea groups is 1. The Hall–Kier alpha value is -3.52. The van der Waals surface area contributed by atoms with E-state index >= 15 is 0 Å². The molecule has 6 nitrogen and oxygen atoms in total. The average Bonchev–Trinajstić information content (AvgIpc) is 3.38. The zero-order valence-corrected chi connectivity index (χ0v) is 18.8. The summed E-state index contributed by atoms with van der Waals surface area (Å²) in [5.41, 5.74) is 2.48. The van der Waals surface area contributed by atoms with Crippen LogP contribution >= 0.6 is 11.8 Å². The van der Waals surface area contributed by atoms with Crippen molar-refractivity contribution in [2.24, 2.45) is 0 Å². The number of benzene rings is 3. The fourth-order valence-corrected chi connectivity index (χ4v) is 5.85. The second kappa shape index (κ2) is 8.44. The van der Waals surface area contributed by atoms with Gasteiger partial charge in [-0.2, -0.15) is 0 Å². The number of amides is 3. The van der Waals surface area contributed by atoms with Gasteiger partial charge in [-0.3, -0.25) is 9.69 Å². The molecule has 1 spiro atoms. The van der Waals surface area contributed by atoms with Gasteiger partial charge in [0.25, 0.3) is 5.91 Å². The van der Waals surface area contributed by atoms with Crippen LogP contribution in [0.4, 0.5) is 20.6 Å². The summed E-state index contributed by atoms with van der Waals surface area (Å²) in [5.74, 6) is 0.699. The maximum Gasteiger partial charge on any atom is 0.323 e. The van der Waals surface area contributed by atoms with Crippen LogP contribution in [0.1, 0.15) is 11.1 Å². The fraction of sp³-hybridized carbons (Fsp3) is 0.200. The Labute approximate surface area is 195 Å². The lowest BCUT2D eigenvalue weighted by atomic mass is 10.1. The number of para-hydroxylation sites is 1. The number of nitrogens with zero attached hydrogens (tertiary/aromatic N) is 2. The SMILES string of the molecule is COc1ccc(NC(=O)N2CCSC23C(=O)N(Cc2ccccc2F)c2ccccc23)cc1. The molecule has 2 aliphatic heterocycles. The largest absolute Gasteiger partial charge is 0.497 e. The predicted octanol–water partition coefficient (Wildman–Crippen LogP) is 4.81. The maximum absolute atomic E-state index is 14.4. The van der Waals surface area contributed by atoms with E-state index in [1.54, 1.807) is 59.4 Å². The number of ether oxygens (including phenoxy) is 1. The lowest BCUT2D eigenvalue weighted by Gasteiger charge is -2.33.